The van der Waals surface area contributed by atoms with Crippen molar-refractivity contribution in [1.29, 1.82) is 0 Å². The van der Waals surface area contributed by atoms with Crippen molar-refractivity contribution in [2.75, 3.05) is 13.1 Å². The minimum Gasteiger partial charge on any atom is -0.457 e. The molecule has 0 spiro atoms. The standard InChI is InChI=1S/C27H34N2O2.HI/c1-19(20-9-3-2-4-10-20)29-17-15-21(16-18-29)28-27(30)26-22-11-5-7-13-24(22)31-25-14-8-6-12-23(25)26;/h5-8,11-14,19-21,26H,2-4,9-10,15-18H2,1H3,(H,28,30);1H. The Morgan fingerprint density at radius 1 is 0.906 bits per heavy atom. The number of rotatable bonds is 4. The molecule has 4 nitrogen and oxygen atoms in total. The minimum atomic E-state index is -0.305. The van der Waals surface area contributed by atoms with Crippen molar-refractivity contribution in [3.8, 4) is 11.5 Å². The Hall–Kier alpha value is -1.60. The summed E-state index contributed by atoms with van der Waals surface area (Å²) in [5.41, 5.74) is 1.92. The third kappa shape index (κ3) is 4.84. The van der Waals surface area contributed by atoms with Crippen LogP contribution in [-0.4, -0.2) is 36.0 Å². The monoisotopic (exact) mass is 546 g/mol. The smallest absolute Gasteiger partial charge is 0.232 e. The fraction of sp³-hybridized carbons (Fsp3) is 0.519. The van der Waals surface area contributed by atoms with E-state index >= 15 is 0 Å². The summed E-state index contributed by atoms with van der Waals surface area (Å²) in [6, 6.07) is 16.8. The highest BCUT2D eigenvalue weighted by Gasteiger charge is 2.34. The van der Waals surface area contributed by atoms with Crippen LogP contribution >= 0.6 is 24.0 Å². The molecule has 172 valence electrons. The second-order valence-electron chi connectivity index (χ2n) is 9.57. The van der Waals surface area contributed by atoms with Gasteiger partial charge in [-0.15, -0.1) is 24.0 Å². The molecule has 3 aliphatic rings. The van der Waals surface area contributed by atoms with Crippen LogP contribution in [0, 0.1) is 5.92 Å². The molecule has 5 heteroatoms. The third-order valence-electron chi connectivity index (χ3n) is 7.73. The van der Waals surface area contributed by atoms with Gasteiger partial charge in [-0.3, -0.25) is 4.79 Å². The highest BCUT2D eigenvalue weighted by Crippen LogP contribution is 2.44. The Morgan fingerprint density at radius 3 is 2.06 bits per heavy atom. The van der Waals surface area contributed by atoms with E-state index in [1.165, 1.54) is 32.1 Å². The highest BCUT2D eigenvalue weighted by molar-refractivity contribution is 14.0. The number of likely N-dealkylation sites (tertiary alicyclic amines) is 1. The van der Waals surface area contributed by atoms with Crippen LogP contribution in [0.2, 0.25) is 0 Å². The average Bonchev–Trinajstić information content (AvgIpc) is 2.83. The lowest BCUT2D eigenvalue weighted by Gasteiger charge is -2.41. The fourth-order valence-electron chi connectivity index (χ4n) is 5.84. The van der Waals surface area contributed by atoms with Crippen molar-refractivity contribution < 1.29 is 9.53 Å². The number of fused-ring (bicyclic) bond motifs is 2. The Balaban J connectivity index is 0.00000245. The van der Waals surface area contributed by atoms with Gasteiger partial charge in [0.05, 0.1) is 5.92 Å². The van der Waals surface area contributed by atoms with Gasteiger partial charge in [0.15, 0.2) is 0 Å². The predicted molar refractivity (Wildman–Crippen MR) is 139 cm³/mol. The Labute approximate surface area is 209 Å². The third-order valence-corrected chi connectivity index (χ3v) is 7.73. The minimum absolute atomic E-state index is 0. The number of nitrogens with one attached hydrogen (secondary N) is 1. The van der Waals surface area contributed by atoms with E-state index in [4.69, 9.17) is 4.74 Å². The number of halogens is 1. The van der Waals surface area contributed by atoms with Crippen molar-refractivity contribution in [3.05, 3.63) is 59.7 Å². The average molecular weight is 546 g/mol. The van der Waals surface area contributed by atoms with Crippen LogP contribution in [0.1, 0.15) is 68.9 Å². The number of hydrogen-bond acceptors (Lipinski definition) is 3. The number of carbonyl (C=O) groups excluding carboxylic acids is 1. The normalized spacial score (nSPS) is 20.9. The predicted octanol–water partition coefficient (Wildman–Crippen LogP) is 6.09. The number of hydrogen-bond donors (Lipinski definition) is 1. The molecule has 1 saturated heterocycles. The van der Waals surface area contributed by atoms with Gasteiger partial charge in [0.1, 0.15) is 11.5 Å². The second kappa shape index (κ2) is 10.6. The number of piperidine rings is 1. The van der Waals surface area contributed by atoms with E-state index in [9.17, 15) is 4.79 Å². The van der Waals surface area contributed by atoms with Crippen molar-refractivity contribution in [3.63, 3.8) is 0 Å². The Morgan fingerprint density at radius 2 is 1.47 bits per heavy atom. The van der Waals surface area contributed by atoms with Gasteiger partial charge in [-0.25, -0.2) is 0 Å². The molecule has 2 aromatic rings. The lowest BCUT2D eigenvalue weighted by Crippen LogP contribution is -2.50. The fourth-order valence-corrected chi connectivity index (χ4v) is 5.84. The van der Waals surface area contributed by atoms with Gasteiger partial charge in [0.25, 0.3) is 0 Å². The maximum atomic E-state index is 13.5. The zero-order chi connectivity index (χ0) is 21.2. The van der Waals surface area contributed by atoms with Gasteiger partial charge >= 0.3 is 0 Å². The van der Waals surface area contributed by atoms with Crippen LogP contribution in [0.4, 0.5) is 0 Å². The van der Waals surface area contributed by atoms with Crippen LogP contribution in [0.25, 0.3) is 0 Å². The largest absolute Gasteiger partial charge is 0.457 e. The van der Waals surface area contributed by atoms with Gasteiger partial charge in [-0.1, -0.05) is 55.7 Å². The summed E-state index contributed by atoms with van der Waals surface area (Å²) in [6.07, 6.45) is 9.06. The quantitative estimate of drug-likeness (QED) is 0.472. The van der Waals surface area contributed by atoms with Crippen molar-refractivity contribution >= 4 is 29.9 Å². The first-order valence-corrected chi connectivity index (χ1v) is 12.1. The van der Waals surface area contributed by atoms with Crippen LogP contribution in [-0.2, 0) is 4.79 Å². The maximum absolute atomic E-state index is 13.5. The van der Waals surface area contributed by atoms with E-state index in [-0.39, 0.29) is 41.8 Å². The first-order chi connectivity index (χ1) is 15.2. The Kier molecular flexibility index (Phi) is 7.77. The molecule has 1 amide bonds. The number of para-hydroxylation sites is 2. The summed E-state index contributed by atoms with van der Waals surface area (Å²) in [5.74, 6) is 2.23. The molecule has 1 aliphatic carbocycles. The van der Waals surface area contributed by atoms with E-state index in [1.807, 2.05) is 48.5 Å². The molecule has 1 N–H and O–H groups in total. The molecule has 0 radical (unpaired) electrons. The second-order valence-corrected chi connectivity index (χ2v) is 9.57. The molecule has 2 aliphatic heterocycles. The summed E-state index contributed by atoms with van der Waals surface area (Å²) < 4.78 is 6.06. The molecule has 32 heavy (non-hydrogen) atoms. The van der Waals surface area contributed by atoms with E-state index < -0.39 is 0 Å². The van der Waals surface area contributed by atoms with Crippen LogP contribution in [0.3, 0.4) is 0 Å². The molecule has 2 fully saturated rings. The zero-order valence-corrected chi connectivity index (χ0v) is 21.3. The molecular weight excluding hydrogens is 511 g/mol. The van der Waals surface area contributed by atoms with Gasteiger partial charge in [-0.2, -0.15) is 0 Å². The molecule has 1 atom stereocenters. The first kappa shape index (κ1) is 23.6. The van der Waals surface area contributed by atoms with Crippen molar-refractivity contribution in [1.82, 2.24) is 10.2 Å². The van der Waals surface area contributed by atoms with Gasteiger partial charge in [0.2, 0.25) is 5.91 Å². The van der Waals surface area contributed by atoms with E-state index in [1.54, 1.807) is 0 Å². The molecule has 1 saturated carbocycles. The summed E-state index contributed by atoms with van der Waals surface area (Å²) in [5, 5.41) is 3.39. The summed E-state index contributed by atoms with van der Waals surface area (Å²) >= 11 is 0. The topological polar surface area (TPSA) is 41.6 Å². The summed E-state index contributed by atoms with van der Waals surface area (Å²) in [6.45, 7) is 4.60. The molecule has 5 rings (SSSR count). The van der Waals surface area contributed by atoms with E-state index in [2.05, 4.69) is 17.1 Å². The van der Waals surface area contributed by atoms with Gasteiger partial charge in [0, 0.05) is 36.3 Å². The first-order valence-electron chi connectivity index (χ1n) is 12.1. The van der Waals surface area contributed by atoms with Crippen LogP contribution in [0.15, 0.2) is 48.5 Å². The Bertz CT molecular complexity index is 874. The number of nitrogens with zero attached hydrogens (tertiary/aromatic N) is 1. The maximum Gasteiger partial charge on any atom is 0.232 e. The molecule has 2 heterocycles. The van der Waals surface area contributed by atoms with Gasteiger partial charge < -0.3 is 15.0 Å². The summed E-state index contributed by atoms with van der Waals surface area (Å²) in [7, 11) is 0. The molecule has 1 unspecified atom stereocenters. The van der Waals surface area contributed by atoms with Gasteiger partial charge in [-0.05, 0) is 50.7 Å². The number of carbonyl (C=O) groups is 1. The highest BCUT2D eigenvalue weighted by atomic mass is 127. The lowest BCUT2D eigenvalue weighted by molar-refractivity contribution is -0.122. The lowest BCUT2D eigenvalue weighted by atomic mass is 9.83. The van der Waals surface area contributed by atoms with E-state index in [0.29, 0.717) is 6.04 Å². The van der Waals surface area contributed by atoms with E-state index in [0.717, 1.165) is 54.5 Å². The van der Waals surface area contributed by atoms with Crippen molar-refractivity contribution in [2.24, 2.45) is 5.92 Å². The van der Waals surface area contributed by atoms with Crippen molar-refractivity contribution in [2.45, 2.75) is 69.9 Å². The molecule has 0 bridgehead atoms. The van der Waals surface area contributed by atoms with Crippen LogP contribution in [0.5, 0.6) is 11.5 Å². The number of amides is 1. The summed E-state index contributed by atoms with van der Waals surface area (Å²) in [4.78, 5) is 16.1. The van der Waals surface area contributed by atoms with Crippen LogP contribution < -0.4 is 10.1 Å². The number of ether oxygens (including phenoxy) is 1. The zero-order valence-electron chi connectivity index (χ0n) is 19.0. The number of benzene rings is 2. The molecule has 0 aromatic heterocycles. The molecule has 2 aromatic carbocycles. The molecular formula is C27H35IN2O2. The SMILES string of the molecule is CC(C1CCCCC1)N1CCC(NC(=O)C2c3ccccc3Oc3ccccc32)CC1.I.